The van der Waals surface area contributed by atoms with Crippen LogP contribution in [-0.2, 0) is 13.7 Å². The molecular weight excluding hydrogens is 184 g/mol. The van der Waals surface area contributed by atoms with Crippen molar-refractivity contribution in [1.29, 1.82) is 0 Å². The van der Waals surface area contributed by atoms with E-state index >= 15 is 0 Å². The van der Waals surface area contributed by atoms with Gasteiger partial charge >= 0.3 is 0 Å². The molecule has 74 valence electrons. The largest absolute Gasteiger partial charge is 0.479 e. The third-order valence-electron chi connectivity index (χ3n) is 2.00. The van der Waals surface area contributed by atoms with Crippen molar-refractivity contribution in [2.75, 3.05) is 7.11 Å². The van der Waals surface area contributed by atoms with E-state index in [9.17, 15) is 0 Å². The van der Waals surface area contributed by atoms with Gasteiger partial charge in [-0.05, 0) is 0 Å². The van der Waals surface area contributed by atoms with Crippen LogP contribution in [0.25, 0.3) is 11.0 Å². The minimum absolute atomic E-state index is 0.141. The van der Waals surface area contributed by atoms with Gasteiger partial charge < -0.3 is 9.84 Å². The zero-order valence-electron chi connectivity index (χ0n) is 7.93. The molecule has 6 nitrogen and oxygen atoms in total. The van der Waals surface area contributed by atoms with Gasteiger partial charge in [-0.15, -0.1) is 0 Å². The van der Waals surface area contributed by atoms with E-state index in [4.69, 9.17) is 9.84 Å². The van der Waals surface area contributed by atoms with Crippen molar-refractivity contribution in [3.05, 3.63) is 12.0 Å². The molecule has 0 saturated carbocycles. The van der Waals surface area contributed by atoms with Crippen LogP contribution >= 0.6 is 0 Å². The Balaban J connectivity index is 2.81. The maximum absolute atomic E-state index is 9.04. The molecule has 0 unspecified atom stereocenters. The fraction of sp³-hybridized carbons (Fsp3) is 0.375. The molecule has 0 saturated heterocycles. The molecule has 0 spiro atoms. The molecule has 0 atom stereocenters. The van der Waals surface area contributed by atoms with Crippen molar-refractivity contribution < 1.29 is 9.84 Å². The van der Waals surface area contributed by atoms with Crippen LogP contribution in [0.4, 0.5) is 0 Å². The molecule has 1 N–H and O–H groups in total. The molecule has 0 fully saturated rings. The summed E-state index contributed by atoms with van der Waals surface area (Å²) in [5, 5.41) is 13.1. The number of ether oxygens (including phenoxy) is 1. The number of aryl methyl sites for hydroxylation is 1. The van der Waals surface area contributed by atoms with E-state index in [0.717, 1.165) is 0 Å². The van der Waals surface area contributed by atoms with E-state index in [1.54, 1.807) is 11.7 Å². The van der Waals surface area contributed by atoms with Crippen LogP contribution in [-0.4, -0.2) is 32.0 Å². The summed E-state index contributed by atoms with van der Waals surface area (Å²) in [5.74, 6) is 0.463. The van der Waals surface area contributed by atoms with Crippen LogP contribution < -0.4 is 4.74 Å². The molecule has 0 aliphatic carbocycles. The highest BCUT2D eigenvalue weighted by Gasteiger charge is 2.13. The molecule has 0 aliphatic rings. The third kappa shape index (κ3) is 1.12. The van der Waals surface area contributed by atoms with Crippen molar-refractivity contribution in [2.24, 2.45) is 7.05 Å². The smallest absolute Gasteiger partial charge is 0.243 e. The average molecular weight is 194 g/mol. The van der Waals surface area contributed by atoms with E-state index in [1.807, 2.05) is 0 Å². The first-order chi connectivity index (χ1) is 6.77. The molecule has 14 heavy (non-hydrogen) atoms. The summed E-state index contributed by atoms with van der Waals surface area (Å²) in [6.07, 6.45) is 1.39. The highest BCUT2D eigenvalue weighted by atomic mass is 16.5. The summed E-state index contributed by atoms with van der Waals surface area (Å²) in [6, 6.07) is 0. The first-order valence-corrected chi connectivity index (χ1v) is 4.09. The SMILES string of the molecule is COc1ncnc2c(CO)nn(C)c12. The van der Waals surface area contributed by atoms with Gasteiger partial charge in [-0.1, -0.05) is 0 Å². The lowest BCUT2D eigenvalue weighted by molar-refractivity contribution is 0.277. The molecule has 2 rings (SSSR count). The van der Waals surface area contributed by atoms with E-state index < -0.39 is 0 Å². The van der Waals surface area contributed by atoms with Gasteiger partial charge in [0.15, 0.2) is 0 Å². The van der Waals surface area contributed by atoms with Crippen LogP contribution in [0.5, 0.6) is 5.88 Å². The number of fused-ring (bicyclic) bond motifs is 1. The molecule has 0 aromatic carbocycles. The maximum atomic E-state index is 9.04. The second-order valence-electron chi connectivity index (χ2n) is 2.81. The molecule has 6 heteroatoms. The van der Waals surface area contributed by atoms with Gasteiger partial charge in [0.2, 0.25) is 5.88 Å². The summed E-state index contributed by atoms with van der Waals surface area (Å²) in [7, 11) is 3.29. The Bertz CT molecular complexity index is 466. The lowest BCUT2D eigenvalue weighted by Crippen LogP contribution is -1.95. The predicted molar refractivity (Wildman–Crippen MR) is 48.8 cm³/mol. The maximum Gasteiger partial charge on any atom is 0.243 e. The minimum atomic E-state index is -0.141. The second-order valence-corrected chi connectivity index (χ2v) is 2.81. The van der Waals surface area contributed by atoms with Gasteiger partial charge in [0.25, 0.3) is 0 Å². The molecular formula is C8H10N4O2. The Morgan fingerprint density at radius 1 is 1.50 bits per heavy atom. The van der Waals surface area contributed by atoms with Crippen molar-refractivity contribution in [3.8, 4) is 5.88 Å². The second kappa shape index (κ2) is 3.22. The van der Waals surface area contributed by atoms with Crippen molar-refractivity contribution in [1.82, 2.24) is 19.7 Å². The van der Waals surface area contributed by atoms with Crippen LogP contribution in [0, 0.1) is 0 Å². The molecule has 0 amide bonds. The number of rotatable bonds is 2. The quantitative estimate of drug-likeness (QED) is 0.720. The number of aromatic nitrogens is 4. The fourth-order valence-corrected chi connectivity index (χ4v) is 1.40. The van der Waals surface area contributed by atoms with E-state index in [2.05, 4.69) is 15.1 Å². The number of aliphatic hydroxyl groups excluding tert-OH is 1. The number of hydrogen-bond donors (Lipinski definition) is 1. The summed E-state index contributed by atoms with van der Waals surface area (Å²) in [5.41, 5.74) is 1.85. The average Bonchev–Trinajstić information content (AvgIpc) is 2.55. The molecule has 2 aromatic heterocycles. The zero-order valence-corrected chi connectivity index (χ0v) is 7.93. The predicted octanol–water partition coefficient (Wildman–Crippen LogP) is -0.136. The number of nitrogens with zero attached hydrogens (tertiary/aromatic N) is 4. The highest BCUT2D eigenvalue weighted by Crippen LogP contribution is 2.22. The van der Waals surface area contributed by atoms with Gasteiger partial charge in [-0.25, -0.2) is 4.98 Å². The first kappa shape index (κ1) is 8.89. The van der Waals surface area contributed by atoms with Crippen LogP contribution in [0.1, 0.15) is 5.69 Å². The molecule has 2 aromatic rings. The van der Waals surface area contributed by atoms with E-state index in [1.165, 1.54) is 13.4 Å². The van der Waals surface area contributed by atoms with Gasteiger partial charge in [0.1, 0.15) is 23.1 Å². The minimum Gasteiger partial charge on any atom is -0.479 e. The number of aliphatic hydroxyl groups is 1. The van der Waals surface area contributed by atoms with Gasteiger partial charge in [-0.3, -0.25) is 4.68 Å². The lowest BCUT2D eigenvalue weighted by atomic mass is 10.3. The Hall–Kier alpha value is -1.69. The Morgan fingerprint density at radius 3 is 2.93 bits per heavy atom. The molecule has 0 radical (unpaired) electrons. The van der Waals surface area contributed by atoms with Crippen LogP contribution in [0.15, 0.2) is 6.33 Å². The Morgan fingerprint density at radius 2 is 2.29 bits per heavy atom. The summed E-state index contributed by atoms with van der Waals surface area (Å²) in [4.78, 5) is 8.01. The fourth-order valence-electron chi connectivity index (χ4n) is 1.40. The Labute approximate surface area is 80.2 Å². The third-order valence-corrected chi connectivity index (χ3v) is 2.00. The monoisotopic (exact) mass is 194 g/mol. The van der Waals surface area contributed by atoms with E-state index in [0.29, 0.717) is 22.6 Å². The van der Waals surface area contributed by atoms with Gasteiger partial charge in [0, 0.05) is 7.05 Å². The molecule has 2 heterocycles. The van der Waals surface area contributed by atoms with Gasteiger partial charge in [0.05, 0.1) is 13.7 Å². The van der Waals surface area contributed by atoms with Crippen molar-refractivity contribution >= 4 is 11.0 Å². The molecule has 0 bridgehead atoms. The van der Waals surface area contributed by atoms with Gasteiger partial charge in [-0.2, -0.15) is 10.1 Å². The topological polar surface area (TPSA) is 73.1 Å². The highest BCUT2D eigenvalue weighted by molar-refractivity contribution is 5.81. The Kier molecular flexibility index (Phi) is 2.05. The normalized spacial score (nSPS) is 10.8. The van der Waals surface area contributed by atoms with Crippen molar-refractivity contribution in [2.45, 2.75) is 6.61 Å². The van der Waals surface area contributed by atoms with Crippen LogP contribution in [0.3, 0.4) is 0 Å². The van der Waals surface area contributed by atoms with Crippen LogP contribution in [0.2, 0.25) is 0 Å². The van der Waals surface area contributed by atoms with Crippen molar-refractivity contribution in [3.63, 3.8) is 0 Å². The number of hydrogen-bond acceptors (Lipinski definition) is 5. The molecule has 0 aliphatic heterocycles. The number of methoxy groups -OCH3 is 1. The summed E-state index contributed by atoms with van der Waals surface area (Å²) < 4.78 is 6.67. The summed E-state index contributed by atoms with van der Waals surface area (Å²) >= 11 is 0. The standard InChI is InChI=1S/C8H10N4O2/c1-12-7-6(5(3-13)11-12)9-4-10-8(7)14-2/h4,13H,3H2,1-2H3. The summed E-state index contributed by atoms with van der Waals surface area (Å²) in [6.45, 7) is -0.141. The zero-order chi connectivity index (χ0) is 10.1. The lowest BCUT2D eigenvalue weighted by Gasteiger charge is -2.00. The first-order valence-electron chi connectivity index (χ1n) is 4.09. The van der Waals surface area contributed by atoms with E-state index in [-0.39, 0.29) is 6.61 Å².